The molecule has 2 aliphatic rings. The summed E-state index contributed by atoms with van der Waals surface area (Å²) in [5, 5.41) is 8.88. The first-order valence-electron chi connectivity index (χ1n) is 12.1. The number of morpholine rings is 1. The Labute approximate surface area is 200 Å². The van der Waals surface area contributed by atoms with Gasteiger partial charge in [0, 0.05) is 35.7 Å². The van der Waals surface area contributed by atoms with Gasteiger partial charge < -0.3 is 15.8 Å². The number of carbonyl (C=O) groups is 1. The summed E-state index contributed by atoms with van der Waals surface area (Å²) in [7, 11) is 0. The van der Waals surface area contributed by atoms with Crippen LogP contribution in [0.15, 0.2) is 60.2 Å². The van der Waals surface area contributed by atoms with Crippen LogP contribution in [-0.4, -0.2) is 51.9 Å². The lowest BCUT2D eigenvalue weighted by Crippen LogP contribution is -2.60. The molecular weight excluding hydrogens is 426 g/mol. The molecule has 0 spiro atoms. The number of allylic oxidation sites excluding steroid dienone is 2. The lowest BCUT2D eigenvalue weighted by atomic mass is 9.89. The van der Waals surface area contributed by atoms with E-state index in [1.54, 1.807) is 0 Å². The molecule has 2 atom stereocenters. The van der Waals surface area contributed by atoms with Crippen LogP contribution in [0.2, 0.25) is 0 Å². The summed E-state index contributed by atoms with van der Waals surface area (Å²) in [6, 6.07) is 16.7. The van der Waals surface area contributed by atoms with Gasteiger partial charge >= 0.3 is 0 Å². The zero-order valence-electron chi connectivity index (χ0n) is 19.9. The number of nitrogens with zero attached hydrogens (tertiary/aromatic N) is 3. The van der Waals surface area contributed by atoms with Crippen LogP contribution in [0, 0.1) is 0 Å². The van der Waals surface area contributed by atoms with E-state index < -0.39 is 0 Å². The number of rotatable bonds is 6. The van der Waals surface area contributed by atoms with Gasteiger partial charge in [-0.1, -0.05) is 42.0 Å². The van der Waals surface area contributed by atoms with E-state index in [1.165, 1.54) is 11.1 Å². The van der Waals surface area contributed by atoms with Crippen molar-refractivity contribution < 1.29 is 9.53 Å². The molecule has 2 aromatic carbocycles. The van der Waals surface area contributed by atoms with E-state index >= 15 is 0 Å². The van der Waals surface area contributed by atoms with Crippen LogP contribution in [-0.2, 0) is 17.8 Å². The predicted molar refractivity (Wildman–Crippen MR) is 134 cm³/mol. The predicted octanol–water partition coefficient (Wildman–Crippen LogP) is 3.75. The van der Waals surface area contributed by atoms with E-state index in [1.807, 2.05) is 41.1 Å². The molecule has 0 saturated carbocycles. The monoisotopic (exact) mass is 459 g/mol. The third-order valence-corrected chi connectivity index (χ3v) is 6.90. The van der Waals surface area contributed by atoms with E-state index in [2.05, 4.69) is 42.3 Å². The number of carbonyl (C=O) groups excluding carboxylic acids is 1. The van der Waals surface area contributed by atoms with Crippen LogP contribution in [0.5, 0.6) is 0 Å². The molecule has 34 heavy (non-hydrogen) atoms. The number of benzene rings is 2. The van der Waals surface area contributed by atoms with Gasteiger partial charge in [0.25, 0.3) is 5.91 Å². The Hall–Kier alpha value is -3.16. The highest BCUT2D eigenvalue weighted by Crippen LogP contribution is 2.30. The molecule has 1 amide bonds. The Morgan fingerprint density at radius 3 is 2.53 bits per heavy atom. The summed E-state index contributed by atoms with van der Waals surface area (Å²) in [5.41, 5.74) is 10.6. The average Bonchev–Trinajstić information content (AvgIpc) is 3.18. The van der Waals surface area contributed by atoms with Gasteiger partial charge in [-0.15, -0.1) is 0 Å². The number of anilines is 1. The van der Waals surface area contributed by atoms with Crippen LogP contribution in [0.3, 0.4) is 0 Å². The highest BCUT2D eigenvalue weighted by molar-refractivity contribution is 6.05. The second-order valence-corrected chi connectivity index (χ2v) is 9.73. The Kier molecular flexibility index (Phi) is 6.39. The van der Waals surface area contributed by atoms with Gasteiger partial charge in [0.15, 0.2) is 5.69 Å². The van der Waals surface area contributed by atoms with Crippen molar-refractivity contribution >= 4 is 22.5 Å². The van der Waals surface area contributed by atoms with Gasteiger partial charge in [-0.2, -0.15) is 5.10 Å². The van der Waals surface area contributed by atoms with E-state index in [0.29, 0.717) is 25.5 Å². The maximum atomic E-state index is 13.3. The van der Waals surface area contributed by atoms with Crippen LogP contribution < -0.4 is 11.1 Å². The van der Waals surface area contributed by atoms with Crippen molar-refractivity contribution in [2.24, 2.45) is 0 Å². The number of ether oxygens (including phenoxy) is 1. The summed E-state index contributed by atoms with van der Waals surface area (Å²) >= 11 is 0. The van der Waals surface area contributed by atoms with Gasteiger partial charge in [0.05, 0.1) is 25.3 Å². The number of piperidine rings is 1. The second-order valence-electron chi connectivity index (χ2n) is 9.73. The van der Waals surface area contributed by atoms with Crippen LogP contribution >= 0.6 is 0 Å². The molecule has 2 fully saturated rings. The molecule has 3 aromatic rings. The summed E-state index contributed by atoms with van der Waals surface area (Å²) in [6.45, 7) is 7.05. The highest BCUT2D eigenvalue weighted by Gasteiger charge is 2.39. The molecule has 0 radical (unpaired) electrons. The maximum Gasteiger partial charge on any atom is 0.272 e. The Morgan fingerprint density at radius 1 is 1.12 bits per heavy atom. The van der Waals surface area contributed by atoms with Crippen LogP contribution in [0.4, 0.5) is 5.69 Å². The number of fused-ring (bicyclic) bond motifs is 3. The van der Waals surface area contributed by atoms with Crippen LogP contribution in [0.1, 0.15) is 42.7 Å². The number of hydrogen-bond donors (Lipinski definition) is 2. The first kappa shape index (κ1) is 22.6. The molecule has 7 nitrogen and oxygen atoms in total. The number of para-hydroxylation sites is 1. The molecule has 0 aliphatic carbocycles. The first-order valence-corrected chi connectivity index (χ1v) is 12.1. The standard InChI is InChI=1S/C27H33N5O2/c1-18(2)11-12-32-25-6-4-3-5-24(25)26(30-32)27(33)29-21-13-22-16-34-17-23(14-21)31(22)15-19-7-9-20(28)10-8-19/h3-11,21-23H,12-17,28H2,1-2H3,(H,29,33). The zero-order chi connectivity index (χ0) is 23.7. The fourth-order valence-corrected chi connectivity index (χ4v) is 5.16. The minimum Gasteiger partial charge on any atom is -0.399 e. The molecule has 2 saturated heterocycles. The SMILES string of the molecule is CC(C)=CCn1nc(C(=O)NC2CC3COCC(C2)N3Cc2ccc(N)cc2)c2ccccc21. The van der Waals surface area contributed by atoms with E-state index in [-0.39, 0.29) is 24.0 Å². The van der Waals surface area contributed by atoms with E-state index in [9.17, 15) is 4.79 Å². The van der Waals surface area contributed by atoms with Gasteiger partial charge in [-0.05, 0) is 50.5 Å². The van der Waals surface area contributed by atoms with E-state index in [0.717, 1.165) is 36.0 Å². The van der Waals surface area contributed by atoms with Crippen LogP contribution in [0.25, 0.3) is 10.9 Å². The summed E-state index contributed by atoms with van der Waals surface area (Å²) in [6.07, 6.45) is 3.86. The molecule has 3 heterocycles. The second kappa shape index (κ2) is 9.60. The van der Waals surface area contributed by atoms with Crippen molar-refractivity contribution in [2.45, 2.75) is 57.9 Å². The third kappa shape index (κ3) is 4.72. The molecule has 2 unspecified atom stereocenters. The Morgan fingerprint density at radius 2 is 1.82 bits per heavy atom. The fourth-order valence-electron chi connectivity index (χ4n) is 5.16. The number of nitrogens with one attached hydrogen (secondary N) is 1. The van der Waals surface area contributed by atoms with Gasteiger partial charge in [-0.3, -0.25) is 14.4 Å². The summed E-state index contributed by atoms with van der Waals surface area (Å²) in [4.78, 5) is 15.9. The molecular formula is C27H33N5O2. The van der Waals surface area contributed by atoms with Gasteiger partial charge in [0.1, 0.15) is 0 Å². The Balaban J connectivity index is 1.30. The number of aromatic nitrogens is 2. The third-order valence-electron chi connectivity index (χ3n) is 6.90. The number of hydrogen-bond acceptors (Lipinski definition) is 5. The minimum absolute atomic E-state index is 0.0943. The molecule has 7 heteroatoms. The molecule has 3 N–H and O–H groups in total. The number of amides is 1. The molecule has 1 aromatic heterocycles. The summed E-state index contributed by atoms with van der Waals surface area (Å²) < 4.78 is 7.78. The van der Waals surface area contributed by atoms with E-state index in [4.69, 9.17) is 15.6 Å². The normalized spacial score (nSPS) is 22.5. The van der Waals surface area contributed by atoms with Crippen molar-refractivity contribution in [1.29, 1.82) is 0 Å². The van der Waals surface area contributed by atoms with Crippen molar-refractivity contribution in [2.75, 3.05) is 18.9 Å². The fraction of sp³-hybridized carbons (Fsp3) is 0.407. The molecule has 5 rings (SSSR count). The maximum absolute atomic E-state index is 13.3. The minimum atomic E-state index is -0.0943. The van der Waals surface area contributed by atoms with Crippen molar-refractivity contribution in [3.05, 3.63) is 71.4 Å². The molecule has 2 bridgehead atoms. The van der Waals surface area contributed by atoms with Crippen molar-refractivity contribution in [1.82, 2.24) is 20.0 Å². The quantitative estimate of drug-likeness (QED) is 0.433. The van der Waals surface area contributed by atoms with Gasteiger partial charge in [-0.25, -0.2) is 0 Å². The largest absolute Gasteiger partial charge is 0.399 e. The zero-order valence-corrected chi connectivity index (χ0v) is 19.9. The molecule has 178 valence electrons. The number of nitrogens with two attached hydrogens (primary N) is 1. The van der Waals surface area contributed by atoms with Gasteiger partial charge in [0.2, 0.25) is 0 Å². The first-order chi connectivity index (χ1) is 16.5. The average molecular weight is 460 g/mol. The lowest BCUT2D eigenvalue weighted by molar-refractivity contribution is -0.0843. The lowest BCUT2D eigenvalue weighted by Gasteiger charge is -2.48. The summed E-state index contributed by atoms with van der Waals surface area (Å²) in [5.74, 6) is -0.0943. The highest BCUT2D eigenvalue weighted by atomic mass is 16.5. The Bertz CT molecular complexity index is 1180. The van der Waals surface area contributed by atoms with Crippen molar-refractivity contribution in [3.8, 4) is 0 Å². The smallest absolute Gasteiger partial charge is 0.272 e. The topological polar surface area (TPSA) is 85.4 Å². The molecule has 2 aliphatic heterocycles. The van der Waals surface area contributed by atoms with Crippen molar-refractivity contribution in [3.63, 3.8) is 0 Å². The number of nitrogen functional groups attached to an aromatic ring is 1.